The van der Waals surface area contributed by atoms with Crippen LogP contribution in [0.2, 0.25) is 0 Å². The topological polar surface area (TPSA) is 52.9 Å². The Labute approximate surface area is 89.9 Å². The fourth-order valence-corrected chi connectivity index (χ4v) is 2.99. The monoisotopic (exact) mass is 210 g/mol. The molecule has 0 spiro atoms. The van der Waals surface area contributed by atoms with Gasteiger partial charge in [0.05, 0.1) is 11.3 Å². The van der Waals surface area contributed by atoms with E-state index in [0.717, 1.165) is 38.8 Å². The van der Waals surface area contributed by atoms with Crippen molar-refractivity contribution in [1.82, 2.24) is 4.90 Å². The number of rotatable bonds is 3. The zero-order valence-electron chi connectivity index (χ0n) is 9.20. The van der Waals surface area contributed by atoms with Gasteiger partial charge in [-0.25, -0.2) is 0 Å². The SMILES string of the molecule is CC(CC(=O)C12CCCN1CCC2)=NO. The van der Waals surface area contributed by atoms with Gasteiger partial charge in [-0.2, -0.15) is 0 Å². The van der Waals surface area contributed by atoms with E-state index in [1.807, 2.05) is 0 Å². The number of fused-ring (bicyclic) bond motifs is 1. The van der Waals surface area contributed by atoms with E-state index in [4.69, 9.17) is 5.21 Å². The fraction of sp³-hybridized carbons (Fsp3) is 0.818. The van der Waals surface area contributed by atoms with E-state index in [0.29, 0.717) is 12.1 Å². The minimum absolute atomic E-state index is 0.202. The van der Waals surface area contributed by atoms with Crippen molar-refractivity contribution in [3.63, 3.8) is 0 Å². The largest absolute Gasteiger partial charge is 0.411 e. The lowest BCUT2D eigenvalue weighted by Gasteiger charge is -2.30. The number of ketones is 1. The van der Waals surface area contributed by atoms with Gasteiger partial charge in [0.2, 0.25) is 0 Å². The van der Waals surface area contributed by atoms with Gasteiger partial charge in [0.15, 0.2) is 5.78 Å². The maximum atomic E-state index is 12.2. The first-order valence-corrected chi connectivity index (χ1v) is 5.65. The lowest BCUT2D eigenvalue weighted by atomic mass is 9.87. The van der Waals surface area contributed by atoms with Gasteiger partial charge >= 0.3 is 0 Å². The molecule has 84 valence electrons. The first-order chi connectivity index (χ1) is 7.19. The van der Waals surface area contributed by atoms with Gasteiger partial charge in [-0.1, -0.05) is 5.16 Å². The Morgan fingerprint density at radius 3 is 2.53 bits per heavy atom. The summed E-state index contributed by atoms with van der Waals surface area (Å²) in [5.74, 6) is 0.243. The van der Waals surface area contributed by atoms with Crippen molar-refractivity contribution in [3.05, 3.63) is 0 Å². The summed E-state index contributed by atoms with van der Waals surface area (Å²) >= 11 is 0. The molecule has 2 aliphatic rings. The van der Waals surface area contributed by atoms with E-state index < -0.39 is 0 Å². The molecule has 4 heteroatoms. The van der Waals surface area contributed by atoms with Crippen LogP contribution in [0.4, 0.5) is 0 Å². The van der Waals surface area contributed by atoms with Crippen LogP contribution in [-0.2, 0) is 4.79 Å². The molecule has 2 fully saturated rings. The summed E-state index contributed by atoms with van der Waals surface area (Å²) in [6.07, 6.45) is 4.53. The number of nitrogens with zero attached hydrogens (tertiary/aromatic N) is 2. The number of hydrogen-bond acceptors (Lipinski definition) is 4. The van der Waals surface area contributed by atoms with Gasteiger partial charge in [-0.15, -0.1) is 0 Å². The molecular formula is C11H18N2O2. The predicted molar refractivity (Wildman–Crippen MR) is 57.3 cm³/mol. The molecule has 2 rings (SSSR count). The second kappa shape index (κ2) is 3.93. The van der Waals surface area contributed by atoms with Crippen molar-refractivity contribution >= 4 is 11.5 Å². The van der Waals surface area contributed by atoms with E-state index in [1.54, 1.807) is 6.92 Å². The number of Topliss-reactive ketones (excluding diaryl/α,β-unsaturated/α-hetero) is 1. The lowest BCUT2D eigenvalue weighted by Crippen LogP contribution is -2.46. The molecule has 2 saturated heterocycles. The number of oxime groups is 1. The van der Waals surface area contributed by atoms with Gasteiger partial charge in [0.1, 0.15) is 0 Å². The molecule has 0 radical (unpaired) electrons. The molecule has 0 atom stereocenters. The molecule has 0 bridgehead atoms. The molecule has 0 saturated carbocycles. The maximum absolute atomic E-state index is 12.2. The average Bonchev–Trinajstić information content (AvgIpc) is 2.75. The second-order valence-corrected chi connectivity index (χ2v) is 4.66. The molecule has 2 heterocycles. The zero-order valence-corrected chi connectivity index (χ0v) is 9.20. The fourth-order valence-electron chi connectivity index (χ4n) is 2.99. The summed E-state index contributed by atoms with van der Waals surface area (Å²) in [6.45, 7) is 3.81. The minimum atomic E-state index is -0.202. The molecule has 2 aliphatic heterocycles. The summed E-state index contributed by atoms with van der Waals surface area (Å²) in [5, 5.41) is 11.7. The van der Waals surface area contributed by atoms with Crippen LogP contribution in [0.25, 0.3) is 0 Å². The van der Waals surface area contributed by atoms with Crippen LogP contribution in [0, 0.1) is 0 Å². The highest BCUT2D eigenvalue weighted by molar-refractivity contribution is 6.05. The highest BCUT2D eigenvalue weighted by atomic mass is 16.4. The summed E-state index contributed by atoms with van der Waals surface area (Å²) in [6, 6.07) is 0. The van der Waals surface area contributed by atoms with Crippen LogP contribution in [0.5, 0.6) is 0 Å². The molecule has 0 unspecified atom stereocenters. The van der Waals surface area contributed by atoms with E-state index in [9.17, 15) is 4.79 Å². The smallest absolute Gasteiger partial charge is 0.158 e. The van der Waals surface area contributed by atoms with Gasteiger partial charge in [0.25, 0.3) is 0 Å². The normalized spacial score (nSPS) is 25.5. The van der Waals surface area contributed by atoms with Crippen molar-refractivity contribution in [2.24, 2.45) is 5.16 Å². The molecule has 15 heavy (non-hydrogen) atoms. The van der Waals surface area contributed by atoms with Crippen LogP contribution in [0.15, 0.2) is 5.16 Å². The number of carbonyl (C=O) groups excluding carboxylic acids is 1. The molecule has 1 N–H and O–H groups in total. The van der Waals surface area contributed by atoms with Crippen molar-refractivity contribution in [2.45, 2.75) is 44.6 Å². The lowest BCUT2D eigenvalue weighted by molar-refractivity contribution is -0.126. The minimum Gasteiger partial charge on any atom is -0.411 e. The zero-order chi connectivity index (χ0) is 10.9. The van der Waals surface area contributed by atoms with Crippen molar-refractivity contribution in [3.8, 4) is 0 Å². The first kappa shape index (κ1) is 10.6. The first-order valence-electron chi connectivity index (χ1n) is 5.65. The quantitative estimate of drug-likeness (QED) is 0.435. The highest BCUT2D eigenvalue weighted by Gasteiger charge is 2.49. The van der Waals surface area contributed by atoms with Crippen molar-refractivity contribution < 1.29 is 10.0 Å². The van der Waals surface area contributed by atoms with E-state index >= 15 is 0 Å². The van der Waals surface area contributed by atoms with E-state index in [2.05, 4.69) is 10.1 Å². The van der Waals surface area contributed by atoms with Crippen LogP contribution < -0.4 is 0 Å². The summed E-state index contributed by atoms with van der Waals surface area (Å²) in [5.41, 5.74) is 0.319. The molecule has 4 nitrogen and oxygen atoms in total. The Morgan fingerprint density at radius 1 is 1.40 bits per heavy atom. The van der Waals surface area contributed by atoms with Crippen molar-refractivity contribution in [1.29, 1.82) is 0 Å². The predicted octanol–water partition coefficient (Wildman–Crippen LogP) is 1.42. The van der Waals surface area contributed by atoms with Gasteiger partial charge in [-0.3, -0.25) is 9.69 Å². The molecule has 0 aliphatic carbocycles. The van der Waals surface area contributed by atoms with Crippen LogP contribution in [0.3, 0.4) is 0 Å². The van der Waals surface area contributed by atoms with E-state index in [-0.39, 0.29) is 11.3 Å². The van der Waals surface area contributed by atoms with Gasteiger partial charge in [0, 0.05) is 6.42 Å². The molecule has 0 aromatic heterocycles. The number of hydrogen-bond donors (Lipinski definition) is 1. The Bertz CT molecular complexity index is 289. The third-order valence-corrected chi connectivity index (χ3v) is 3.75. The highest BCUT2D eigenvalue weighted by Crippen LogP contribution is 2.40. The van der Waals surface area contributed by atoms with Gasteiger partial charge < -0.3 is 5.21 Å². The Balaban J connectivity index is 2.11. The van der Waals surface area contributed by atoms with Gasteiger partial charge in [-0.05, 0) is 45.7 Å². The molecular weight excluding hydrogens is 192 g/mol. The van der Waals surface area contributed by atoms with E-state index in [1.165, 1.54) is 0 Å². The second-order valence-electron chi connectivity index (χ2n) is 4.66. The number of carbonyl (C=O) groups is 1. The Morgan fingerprint density at radius 2 is 2.00 bits per heavy atom. The maximum Gasteiger partial charge on any atom is 0.158 e. The summed E-state index contributed by atoms with van der Waals surface area (Å²) < 4.78 is 0. The summed E-state index contributed by atoms with van der Waals surface area (Å²) in [4.78, 5) is 14.5. The standard InChI is InChI=1S/C11H18N2O2/c1-9(12-15)8-10(14)11-4-2-6-13(11)7-3-5-11/h15H,2-8H2,1H3. The van der Waals surface area contributed by atoms with Crippen LogP contribution in [0.1, 0.15) is 39.0 Å². The molecule has 0 aromatic rings. The molecule has 0 amide bonds. The summed E-state index contributed by atoms with van der Waals surface area (Å²) in [7, 11) is 0. The van der Waals surface area contributed by atoms with Crippen LogP contribution in [-0.4, -0.2) is 40.2 Å². The van der Waals surface area contributed by atoms with Crippen molar-refractivity contribution in [2.75, 3.05) is 13.1 Å². The average molecular weight is 210 g/mol. The third kappa shape index (κ3) is 1.67. The Hall–Kier alpha value is -0.900. The van der Waals surface area contributed by atoms with Crippen LogP contribution >= 0.6 is 0 Å². The third-order valence-electron chi connectivity index (χ3n) is 3.75. The molecule has 0 aromatic carbocycles. The Kier molecular flexibility index (Phi) is 2.78.